The van der Waals surface area contributed by atoms with E-state index in [-0.39, 0.29) is 5.91 Å². The fourth-order valence-corrected chi connectivity index (χ4v) is 3.12. The summed E-state index contributed by atoms with van der Waals surface area (Å²) in [6.45, 7) is 4.89. The summed E-state index contributed by atoms with van der Waals surface area (Å²) in [6.07, 6.45) is 1.15. The average molecular weight is 381 g/mol. The van der Waals surface area contributed by atoms with Crippen molar-refractivity contribution in [3.8, 4) is 5.75 Å². The molecule has 3 amide bonds. The molecule has 2 aromatic rings. The van der Waals surface area contributed by atoms with Gasteiger partial charge in [-0.15, -0.1) is 0 Å². The maximum absolute atomic E-state index is 12.4. The molecule has 0 aliphatic carbocycles. The highest BCUT2D eigenvalue weighted by atomic mass is 16.5. The first-order valence-corrected chi connectivity index (χ1v) is 9.30. The molecule has 1 aliphatic heterocycles. The lowest BCUT2D eigenvalue weighted by Gasteiger charge is -2.16. The molecular weight excluding hydrogens is 358 g/mol. The zero-order valence-corrected chi connectivity index (χ0v) is 16.0. The van der Waals surface area contributed by atoms with Crippen molar-refractivity contribution in [1.82, 2.24) is 10.9 Å². The van der Waals surface area contributed by atoms with Gasteiger partial charge in [0.05, 0.1) is 6.61 Å². The summed E-state index contributed by atoms with van der Waals surface area (Å²) < 4.78 is 5.34. The van der Waals surface area contributed by atoms with Crippen molar-refractivity contribution in [2.75, 3.05) is 18.1 Å². The molecular formula is C21H23N3O4. The molecule has 1 heterocycles. The van der Waals surface area contributed by atoms with Crippen LogP contribution in [0.3, 0.4) is 0 Å². The van der Waals surface area contributed by atoms with Crippen molar-refractivity contribution in [2.45, 2.75) is 26.7 Å². The molecule has 0 atom stereocenters. The first kappa shape index (κ1) is 19.4. The molecule has 0 spiro atoms. The Kier molecular flexibility index (Phi) is 5.93. The fourth-order valence-electron chi connectivity index (χ4n) is 3.12. The number of ether oxygens (including phenoxy) is 1. The van der Waals surface area contributed by atoms with Crippen molar-refractivity contribution >= 4 is 23.4 Å². The Balaban J connectivity index is 1.61. The van der Waals surface area contributed by atoms with Crippen LogP contribution in [-0.2, 0) is 11.2 Å². The molecule has 2 aromatic carbocycles. The maximum Gasteiger partial charge on any atom is 0.269 e. The minimum atomic E-state index is -0.419. The van der Waals surface area contributed by atoms with Gasteiger partial charge in [0, 0.05) is 29.8 Å². The van der Waals surface area contributed by atoms with E-state index < -0.39 is 11.8 Å². The summed E-state index contributed by atoms with van der Waals surface area (Å²) in [5.74, 6) is -0.0879. The van der Waals surface area contributed by atoms with Crippen molar-refractivity contribution < 1.29 is 19.1 Å². The highest BCUT2D eigenvalue weighted by molar-refractivity contribution is 6.00. The second-order valence-corrected chi connectivity index (χ2v) is 6.36. The number of nitrogens with zero attached hydrogens (tertiary/aromatic N) is 1. The zero-order valence-electron chi connectivity index (χ0n) is 16.0. The van der Waals surface area contributed by atoms with E-state index in [2.05, 4.69) is 10.9 Å². The second kappa shape index (κ2) is 8.56. The van der Waals surface area contributed by atoms with Crippen LogP contribution < -0.4 is 20.5 Å². The minimum Gasteiger partial charge on any atom is -0.494 e. The van der Waals surface area contributed by atoms with Crippen molar-refractivity contribution in [1.29, 1.82) is 0 Å². The van der Waals surface area contributed by atoms with E-state index in [1.165, 1.54) is 0 Å². The number of carbonyl (C=O) groups excluding carboxylic acids is 3. The Bertz CT molecular complexity index is 893. The van der Waals surface area contributed by atoms with Crippen molar-refractivity contribution in [3.63, 3.8) is 0 Å². The van der Waals surface area contributed by atoms with Gasteiger partial charge in [0.2, 0.25) is 5.91 Å². The van der Waals surface area contributed by atoms with Crippen LogP contribution in [0.1, 0.15) is 46.5 Å². The number of hydrogen-bond donors (Lipinski definition) is 2. The molecule has 3 rings (SSSR count). The zero-order chi connectivity index (χ0) is 20.1. The number of rotatable bonds is 5. The number of carbonyl (C=O) groups is 3. The lowest BCUT2D eigenvalue weighted by molar-refractivity contribution is -0.118. The largest absolute Gasteiger partial charge is 0.494 e. The van der Waals surface area contributed by atoms with Gasteiger partial charge in [-0.25, -0.2) is 0 Å². The van der Waals surface area contributed by atoms with Gasteiger partial charge in [-0.05, 0) is 61.4 Å². The third kappa shape index (κ3) is 4.14. The Labute approximate surface area is 163 Å². The normalized spacial score (nSPS) is 12.3. The molecule has 0 saturated heterocycles. The number of amides is 3. The molecule has 1 aliphatic rings. The molecule has 0 radical (unpaired) electrons. The van der Waals surface area contributed by atoms with E-state index in [4.69, 9.17) is 4.74 Å². The summed E-state index contributed by atoms with van der Waals surface area (Å²) in [4.78, 5) is 38.2. The number of hydrogen-bond acceptors (Lipinski definition) is 4. The third-order valence-corrected chi connectivity index (χ3v) is 4.56. The lowest BCUT2D eigenvalue weighted by atomic mass is 10.1. The van der Waals surface area contributed by atoms with E-state index in [1.807, 2.05) is 13.8 Å². The molecule has 7 nitrogen and oxygen atoms in total. The van der Waals surface area contributed by atoms with Gasteiger partial charge in [-0.3, -0.25) is 25.2 Å². The van der Waals surface area contributed by atoms with Crippen LogP contribution in [0.4, 0.5) is 5.69 Å². The van der Waals surface area contributed by atoms with Crippen LogP contribution in [0.5, 0.6) is 5.75 Å². The third-order valence-electron chi connectivity index (χ3n) is 4.56. The van der Waals surface area contributed by atoms with Crippen LogP contribution in [0, 0.1) is 0 Å². The standard InChI is InChI=1S/C21H23N3O4/c1-3-19(25)24-12-11-15-13-16(7-10-18(15)24)21(27)23-22-20(26)14-5-8-17(9-6-14)28-4-2/h5-10,13H,3-4,11-12H2,1-2H3,(H,22,26)(H,23,27). The van der Waals surface area contributed by atoms with Gasteiger partial charge in [-0.2, -0.15) is 0 Å². The average Bonchev–Trinajstić information content (AvgIpc) is 3.15. The number of hydrazine groups is 1. The number of benzene rings is 2. The topological polar surface area (TPSA) is 87.7 Å². The first-order valence-electron chi connectivity index (χ1n) is 9.30. The number of anilines is 1. The van der Waals surface area contributed by atoms with E-state index in [9.17, 15) is 14.4 Å². The van der Waals surface area contributed by atoms with Crippen LogP contribution in [0.25, 0.3) is 0 Å². The Morgan fingerprint density at radius 1 is 0.964 bits per heavy atom. The van der Waals surface area contributed by atoms with Crippen LogP contribution >= 0.6 is 0 Å². The highest BCUT2D eigenvalue weighted by Crippen LogP contribution is 2.29. The van der Waals surface area contributed by atoms with E-state index in [1.54, 1.807) is 47.4 Å². The molecule has 0 unspecified atom stereocenters. The van der Waals surface area contributed by atoms with Crippen LogP contribution in [0.15, 0.2) is 42.5 Å². The molecule has 0 fully saturated rings. The second-order valence-electron chi connectivity index (χ2n) is 6.36. The molecule has 7 heteroatoms. The van der Waals surface area contributed by atoms with Crippen LogP contribution in [0.2, 0.25) is 0 Å². The lowest BCUT2D eigenvalue weighted by Crippen LogP contribution is -2.41. The Hall–Kier alpha value is -3.35. The molecule has 0 saturated carbocycles. The molecule has 0 bridgehead atoms. The van der Waals surface area contributed by atoms with Crippen molar-refractivity contribution in [2.24, 2.45) is 0 Å². The van der Waals surface area contributed by atoms with Crippen molar-refractivity contribution in [3.05, 3.63) is 59.2 Å². The van der Waals surface area contributed by atoms with Gasteiger partial charge in [0.25, 0.3) is 11.8 Å². The van der Waals surface area contributed by atoms with Crippen LogP contribution in [-0.4, -0.2) is 30.9 Å². The molecule has 0 aromatic heterocycles. The molecule has 2 N–H and O–H groups in total. The smallest absolute Gasteiger partial charge is 0.269 e. The summed E-state index contributed by atoms with van der Waals surface area (Å²) in [5, 5.41) is 0. The van der Waals surface area contributed by atoms with Gasteiger partial charge in [-0.1, -0.05) is 6.92 Å². The van der Waals surface area contributed by atoms with E-state index in [0.717, 1.165) is 11.3 Å². The quantitative estimate of drug-likeness (QED) is 0.779. The SMILES string of the molecule is CCOc1ccc(C(=O)NNC(=O)c2ccc3c(c2)CCN3C(=O)CC)cc1. The first-order chi connectivity index (χ1) is 13.5. The predicted molar refractivity (Wildman–Crippen MR) is 105 cm³/mol. The minimum absolute atomic E-state index is 0.0681. The molecule has 146 valence electrons. The summed E-state index contributed by atoms with van der Waals surface area (Å²) in [6, 6.07) is 11.8. The Morgan fingerprint density at radius 3 is 2.25 bits per heavy atom. The van der Waals surface area contributed by atoms with Gasteiger partial charge < -0.3 is 9.64 Å². The summed E-state index contributed by atoms with van der Waals surface area (Å²) >= 11 is 0. The fraction of sp³-hybridized carbons (Fsp3) is 0.286. The summed E-state index contributed by atoms with van der Waals surface area (Å²) in [7, 11) is 0. The van der Waals surface area contributed by atoms with Gasteiger partial charge in [0.1, 0.15) is 5.75 Å². The predicted octanol–water partition coefficient (Wildman–Crippen LogP) is 2.46. The van der Waals surface area contributed by atoms with E-state index in [0.29, 0.717) is 42.9 Å². The highest BCUT2D eigenvalue weighted by Gasteiger charge is 2.24. The Morgan fingerprint density at radius 2 is 1.61 bits per heavy atom. The monoisotopic (exact) mass is 381 g/mol. The number of nitrogens with one attached hydrogen (secondary N) is 2. The number of fused-ring (bicyclic) bond motifs is 1. The molecule has 28 heavy (non-hydrogen) atoms. The maximum atomic E-state index is 12.4. The van der Waals surface area contributed by atoms with E-state index >= 15 is 0 Å². The van der Waals surface area contributed by atoms with Gasteiger partial charge in [0.15, 0.2) is 0 Å². The summed E-state index contributed by atoms with van der Waals surface area (Å²) in [5.41, 5.74) is 7.47. The van der Waals surface area contributed by atoms with Gasteiger partial charge >= 0.3 is 0 Å².